The lowest BCUT2D eigenvalue weighted by Crippen LogP contribution is -2.15. The standard InChI is InChI=1S/C13H17BrFNO4S/c1-2-3-4-5-6-20-13(17)9-7-10(15)12(14)11(8-9)21(16,18)19/h7-8H,2-6H2,1H3,(H2,16,18,19). The SMILES string of the molecule is CCCCCCOC(=O)c1cc(F)c(Br)c(S(N)(=O)=O)c1. The van der Waals surface area contributed by atoms with Gasteiger partial charge in [-0.25, -0.2) is 22.7 Å². The van der Waals surface area contributed by atoms with Gasteiger partial charge in [0.2, 0.25) is 10.0 Å². The van der Waals surface area contributed by atoms with E-state index in [4.69, 9.17) is 9.88 Å². The van der Waals surface area contributed by atoms with Crippen molar-refractivity contribution in [2.24, 2.45) is 5.14 Å². The minimum Gasteiger partial charge on any atom is -0.462 e. The number of carbonyl (C=O) groups is 1. The van der Waals surface area contributed by atoms with E-state index in [1.807, 2.05) is 0 Å². The third kappa shape index (κ3) is 5.37. The van der Waals surface area contributed by atoms with Crippen molar-refractivity contribution >= 4 is 31.9 Å². The summed E-state index contributed by atoms with van der Waals surface area (Å²) in [5.74, 6) is -1.66. The zero-order valence-corrected chi connectivity index (χ0v) is 14.0. The molecule has 0 spiro atoms. The van der Waals surface area contributed by atoms with E-state index in [0.29, 0.717) is 6.42 Å². The Morgan fingerprint density at radius 2 is 2.00 bits per heavy atom. The molecule has 0 saturated carbocycles. The fraction of sp³-hybridized carbons (Fsp3) is 0.462. The number of halogens is 2. The molecule has 21 heavy (non-hydrogen) atoms. The number of carbonyl (C=O) groups excluding carboxylic acids is 1. The molecule has 0 aromatic heterocycles. The van der Waals surface area contributed by atoms with Crippen LogP contribution in [0, 0.1) is 5.82 Å². The number of rotatable bonds is 7. The minimum atomic E-state index is -4.14. The lowest BCUT2D eigenvalue weighted by molar-refractivity contribution is 0.0497. The van der Waals surface area contributed by atoms with Gasteiger partial charge in [0.15, 0.2) is 0 Å². The molecular formula is C13H17BrFNO4S. The summed E-state index contributed by atoms with van der Waals surface area (Å²) >= 11 is 2.79. The summed E-state index contributed by atoms with van der Waals surface area (Å²) in [5, 5.41) is 4.97. The predicted octanol–water partition coefficient (Wildman–Crippen LogP) is 2.97. The highest BCUT2D eigenvalue weighted by atomic mass is 79.9. The Kier molecular flexibility index (Phi) is 6.76. The van der Waals surface area contributed by atoms with E-state index in [9.17, 15) is 17.6 Å². The van der Waals surface area contributed by atoms with E-state index >= 15 is 0 Å². The van der Waals surface area contributed by atoms with Crippen molar-refractivity contribution in [3.63, 3.8) is 0 Å². The molecule has 1 aromatic carbocycles. The zero-order valence-electron chi connectivity index (χ0n) is 11.6. The van der Waals surface area contributed by atoms with Crippen molar-refractivity contribution in [2.75, 3.05) is 6.61 Å². The lowest BCUT2D eigenvalue weighted by Gasteiger charge is -2.08. The number of esters is 1. The second-order valence-corrected chi connectivity index (χ2v) is 6.83. The maximum Gasteiger partial charge on any atom is 0.338 e. The number of hydrogen-bond acceptors (Lipinski definition) is 4. The number of ether oxygens (including phenoxy) is 1. The molecule has 0 bridgehead atoms. The largest absolute Gasteiger partial charge is 0.462 e. The van der Waals surface area contributed by atoms with Crippen molar-refractivity contribution in [1.29, 1.82) is 0 Å². The van der Waals surface area contributed by atoms with Crippen LogP contribution in [0.25, 0.3) is 0 Å². The van der Waals surface area contributed by atoms with Gasteiger partial charge >= 0.3 is 5.97 Å². The smallest absolute Gasteiger partial charge is 0.338 e. The third-order valence-electron chi connectivity index (χ3n) is 2.77. The highest BCUT2D eigenvalue weighted by Gasteiger charge is 2.20. The molecular weight excluding hydrogens is 365 g/mol. The van der Waals surface area contributed by atoms with Gasteiger partial charge in [0.25, 0.3) is 0 Å². The summed E-state index contributed by atoms with van der Waals surface area (Å²) < 4.78 is 41.0. The Bertz CT molecular complexity index is 619. The Morgan fingerprint density at radius 1 is 1.33 bits per heavy atom. The van der Waals surface area contributed by atoms with Crippen LogP contribution in [0.2, 0.25) is 0 Å². The molecule has 0 aliphatic rings. The molecule has 1 rings (SSSR count). The Hall–Kier alpha value is -0.990. The highest BCUT2D eigenvalue weighted by Crippen LogP contribution is 2.26. The van der Waals surface area contributed by atoms with Crippen LogP contribution in [0.15, 0.2) is 21.5 Å². The maximum atomic E-state index is 13.6. The van der Waals surface area contributed by atoms with Crippen LogP contribution < -0.4 is 5.14 Å². The van der Waals surface area contributed by atoms with Crippen molar-refractivity contribution in [3.05, 3.63) is 28.0 Å². The highest BCUT2D eigenvalue weighted by molar-refractivity contribution is 9.10. The van der Waals surface area contributed by atoms with Crippen LogP contribution in [0.4, 0.5) is 4.39 Å². The fourth-order valence-electron chi connectivity index (χ4n) is 1.67. The van der Waals surface area contributed by atoms with Crippen molar-refractivity contribution in [1.82, 2.24) is 0 Å². The van der Waals surface area contributed by atoms with Crippen molar-refractivity contribution in [3.8, 4) is 0 Å². The second-order valence-electron chi connectivity index (χ2n) is 4.51. The van der Waals surface area contributed by atoms with Gasteiger partial charge in [-0.3, -0.25) is 0 Å². The number of unbranched alkanes of at least 4 members (excludes halogenated alkanes) is 3. The van der Waals surface area contributed by atoms with E-state index in [-0.39, 0.29) is 16.6 Å². The van der Waals surface area contributed by atoms with Crippen molar-refractivity contribution < 1.29 is 22.3 Å². The Morgan fingerprint density at radius 3 is 2.57 bits per heavy atom. The molecule has 0 saturated heterocycles. The molecule has 8 heteroatoms. The van der Waals surface area contributed by atoms with Gasteiger partial charge in [0.1, 0.15) is 5.82 Å². The average Bonchev–Trinajstić information content (AvgIpc) is 2.39. The second kappa shape index (κ2) is 7.86. The summed E-state index contributed by atoms with van der Waals surface area (Å²) in [7, 11) is -4.14. The monoisotopic (exact) mass is 381 g/mol. The molecule has 0 heterocycles. The van der Waals surface area contributed by atoms with Crippen LogP contribution in [-0.4, -0.2) is 21.0 Å². The normalized spacial score (nSPS) is 11.4. The topological polar surface area (TPSA) is 86.5 Å². The van der Waals surface area contributed by atoms with Gasteiger partial charge in [0, 0.05) is 0 Å². The van der Waals surface area contributed by atoms with Crippen molar-refractivity contribution in [2.45, 2.75) is 37.5 Å². The van der Waals surface area contributed by atoms with Crippen LogP contribution in [-0.2, 0) is 14.8 Å². The first-order valence-electron chi connectivity index (χ1n) is 6.46. The maximum absolute atomic E-state index is 13.6. The Labute approximate surface area is 131 Å². The number of nitrogens with two attached hydrogens (primary N) is 1. The molecule has 0 aliphatic carbocycles. The number of benzene rings is 1. The van der Waals surface area contributed by atoms with Gasteiger partial charge in [0.05, 0.1) is 21.5 Å². The number of sulfonamides is 1. The average molecular weight is 382 g/mol. The summed E-state index contributed by atoms with van der Waals surface area (Å²) in [6, 6.07) is 1.91. The molecule has 5 nitrogen and oxygen atoms in total. The predicted molar refractivity (Wildman–Crippen MR) is 79.9 cm³/mol. The van der Waals surface area contributed by atoms with Gasteiger partial charge in [-0.1, -0.05) is 26.2 Å². The van der Waals surface area contributed by atoms with Gasteiger partial charge < -0.3 is 4.74 Å². The molecule has 0 atom stereocenters. The molecule has 0 amide bonds. The molecule has 0 unspecified atom stereocenters. The lowest BCUT2D eigenvalue weighted by atomic mass is 10.2. The van der Waals surface area contributed by atoms with E-state index < -0.39 is 26.7 Å². The molecule has 118 valence electrons. The quantitative estimate of drug-likeness (QED) is 0.580. The molecule has 0 aliphatic heterocycles. The molecule has 2 N–H and O–H groups in total. The van der Waals surface area contributed by atoms with Crippen LogP contribution in [0.3, 0.4) is 0 Å². The van der Waals surface area contributed by atoms with E-state index in [2.05, 4.69) is 22.9 Å². The summed E-state index contributed by atoms with van der Waals surface area (Å²) in [6.07, 6.45) is 3.74. The first-order valence-corrected chi connectivity index (χ1v) is 8.80. The zero-order chi connectivity index (χ0) is 16.0. The number of primary sulfonamides is 1. The Balaban J connectivity index is 2.84. The van der Waals surface area contributed by atoms with Gasteiger partial charge in [-0.2, -0.15) is 0 Å². The minimum absolute atomic E-state index is 0.185. The summed E-state index contributed by atoms with van der Waals surface area (Å²) in [6.45, 7) is 2.27. The van der Waals surface area contributed by atoms with E-state index in [1.54, 1.807) is 0 Å². The molecule has 0 radical (unpaired) electrons. The van der Waals surface area contributed by atoms with E-state index in [1.165, 1.54) is 0 Å². The van der Waals surface area contributed by atoms with Gasteiger partial charge in [-0.15, -0.1) is 0 Å². The number of hydrogen-bond donors (Lipinski definition) is 1. The third-order valence-corrected chi connectivity index (χ3v) is 4.77. The fourth-order valence-corrected chi connectivity index (χ4v) is 3.21. The van der Waals surface area contributed by atoms with Crippen LogP contribution >= 0.6 is 15.9 Å². The first-order chi connectivity index (χ1) is 9.77. The van der Waals surface area contributed by atoms with Crippen LogP contribution in [0.5, 0.6) is 0 Å². The molecule has 0 fully saturated rings. The van der Waals surface area contributed by atoms with E-state index in [0.717, 1.165) is 31.4 Å². The van der Waals surface area contributed by atoms with Crippen LogP contribution in [0.1, 0.15) is 43.0 Å². The summed E-state index contributed by atoms with van der Waals surface area (Å²) in [4.78, 5) is 11.3. The first kappa shape index (κ1) is 18.1. The summed E-state index contributed by atoms with van der Waals surface area (Å²) in [5.41, 5.74) is -0.185. The molecule has 1 aromatic rings. The van der Waals surface area contributed by atoms with Gasteiger partial charge in [-0.05, 0) is 34.5 Å².